The summed E-state index contributed by atoms with van der Waals surface area (Å²) >= 11 is 0. The van der Waals surface area contributed by atoms with Crippen LogP contribution in [0.15, 0.2) is 0 Å². The largest absolute Gasteiger partial charge is 0.356 e. The topological polar surface area (TPSA) is 75.4 Å². The first-order chi connectivity index (χ1) is 9.77. The minimum atomic E-state index is -0.766. The number of carbonyl (C=O) groups is 2. The van der Waals surface area contributed by atoms with Crippen LogP contribution in [0.4, 0.5) is 0 Å². The summed E-state index contributed by atoms with van der Waals surface area (Å²) in [7, 11) is 0. The van der Waals surface area contributed by atoms with Gasteiger partial charge in [0.05, 0.1) is 5.54 Å². The Morgan fingerprint density at radius 1 is 1.41 bits per heavy atom. The molecule has 1 heterocycles. The highest BCUT2D eigenvalue weighted by molar-refractivity contribution is 5.86. The Bertz CT molecular complexity index is 372. The third-order valence-corrected chi connectivity index (χ3v) is 4.15. The molecule has 1 aliphatic heterocycles. The van der Waals surface area contributed by atoms with E-state index in [4.69, 9.17) is 5.73 Å². The number of nitrogens with two attached hydrogens (primary N) is 1. The molecule has 130 valence electrons. The van der Waals surface area contributed by atoms with E-state index in [1.165, 1.54) is 0 Å². The first-order valence-electron chi connectivity index (χ1n) is 8.14. The number of piperidine rings is 1. The highest BCUT2D eigenvalue weighted by atomic mass is 35.5. The van der Waals surface area contributed by atoms with Crippen molar-refractivity contribution in [3.8, 4) is 0 Å². The molecule has 2 atom stereocenters. The molecule has 2 amide bonds. The van der Waals surface area contributed by atoms with E-state index < -0.39 is 5.54 Å². The molecule has 22 heavy (non-hydrogen) atoms. The molecular formula is C16H32ClN3O2. The zero-order valence-corrected chi connectivity index (χ0v) is 15.2. The van der Waals surface area contributed by atoms with Gasteiger partial charge in [-0.1, -0.05) is 27.2 Å². The fraction of sp³-hybridized carbons (Fsp3) is 0.875. The molecule has 1 rings (SSSR count). The van der Waals surface area contributed by atoms with Gasteiger partial charge in [0.1, 0.15) is 0 Å². The molecule has 1 saturated heterocycles. The van der Waals surface area contributed by atoms with Gasteiger partial charge in [0.25, 0.3) is 0 Å². The van der Waals surface area contributed by atoms with E-state index in [9.17, 15) is 9.59 Å². The monoisotopic (exact) mass is 333 g/mol. The van der Waals surface area contributed by atoms with Crippen LogP contribution in [0.3, 0.4) is 0 Å². The lowest BCUT2D eigenvalue weighted by Crippen LogP contribution is -2.56. The molecule has 1 aliphatic rings. The minimum Gasteiger partial charge on any atom is -0.356 e. The summed E-state index contributed by atoms with van der Waals surface area (Å²) in [4.78, 5) is 26.0. The third kappa shape index (κ3) is 6.13. The highest BCUT2D eigenvalue weighted by Gasteiger charge is 2.34. The van der Waals surface area contributed by atoms with Gasteiger partial charge in [-0.3, -0.25) is 9.59 Å². The fourth-order valence-corrected chi connectivity index (χ4v) is 2.85. The number of carbonyl (C=O) groups excluding carboxylic acids is 2. The van der Waals surface area contributed by atoms with E-state index in [0.717, 1.165) is 25.8 Å². The summed E-state index contributed by atoms with van der Waals surface area (Å²) in [6.45, 7) is 9.77. The molecule has 0 spiro atoms. The maximum atomic E-state index is 12.5. The molecule has 0 saturated carbocycles. The summed E-state index contributed by atoms with van der Waals surface area (Å²) < 4.78 is 0. The van der Waals surface area contributed by atoms with Crippen molar-refractivity contribution in [1.82, 2.24) is 10.2 Å². The molecule has 0 aromatic rings. The molecule has 0 aromatic heterocycles. The summed E-state index contributed by atoms with van der Waals surface area (Å²) in [5.74, 6) is 0.461. The van der Waals surface area contributed by atoms with Crippen LogP contribution < -0.4 is 11.1 Å². The first kappa shape index (κ1) is 21.2. The van der Waals surface area contributed by atoms with Crippen LogP contribution in [0.1, 0.15) is 53.4 Å². The number of rotatable bonds is 6. The smallest absolute Gasteiger partial charge is 0.242 e. The molecule has 1 fully saturated rings. The van der Waals surface area contributed by atoms with Gasteiger partial charge in [-0.25, -0.2) is 0 Å². The van der Waals surface area contributed by atoms with Gasteiger partial charge < -0.3 is 16.0 Å². The number of likely N-dealkylation sites (tertiary alicyclic amines) is 1. The molecule has 0 aliphatic carbocycles. The lowest BCUT2D eigenvalue weighted by atomic mass is 9.92. The maximum Gasteiger partial charge on any atom is 0.242 e. The third-order valence-electron chi connectivity index (χ3n) is 4.15. The average molecular weight is 334 g/mol. The van der Waals surface area contributed by atoms with Crippen LogP contribution in [0.5, 0.6) is 0 Å². The van der Waals surface area contributed by atoms with Crippen LogP contribution >= 0.6 is 12.4 Å². The van der Waals surface area contributed by atoms with Crippen molar-refractivity contribution in [3.63, 3.8) is 0 Å². The van der Waals surface area contributed by atoms with Crippen LogP contribution in [0.25, 0.3) is 0 Å². The van der Waals surface area contributed by atoms with Crippen molar-refractivity contribution in [2.75, 3.05) is 19.6 Å². The number of halogens is 1. The van der Waals surface area contributed by atoms with Crippen molar-refractivity contribution in [1.29, 1.82) is 0 Å². The Labute approximate surface area is 140 Å². The normalized spacial score (nSPS) is 21.0. The number of amides is 2. The summed E-state index contributed by atoms with van der Waals surface area (Å²) in [5.41, 5.74) is 5.38. The van der Waals surface area contributed by atoms with Crippen molar-refractivity contribution in [2.24, 2.45) is 17.6 Å². The van der Waals surface area contributed by atoms with Gasteiger partial charge in [-0.05, 0) is 32.1 Å². The van der Waals surface area contributed by atoms with Gasteiger partial charge in [0.2, 0.25) is 11.8 Å². The van der Waals surface area contributed by atoms with Crippen LogP contribution in [0, 0.1) is 11.8 Å². The number of nitrogens with one attached hydrogen (secondary N) is 1. The second-order valence-corrected chi connectivity index (χ2v) is 6.83. The van der Waals surface area contributed by atoms with E-state index in [0.29, 0.717) is 25.4 Å². The van der Waals surface area contributed by atoms with Gasteiger partial charge in [0, 0.05) is 25.6 Å². The molecule has 6 heteroatoms. The SMILES string of the molecule is CCCC(C)(N)C(=O)N1CCCC(CNC(=O)C(C)C)C1.Cl. The maximum absolute atomic E-state index is 12.5. The Hall–Kier alpha value is -0.810. The molecule has 5 nitrogen and oxygen atoms in total. The van der Waals surface area contributed by atoms with E-state index >= 15 is 0 Å². The van der Waals surface area contributed by atoms with E-state index in [2.05, 4.69) is 5.32 Å². The lowest BCUT2D eigenvalue weighted by molar-refractivity contribution is -0.138. The Kier molecular flexibility index (Phi) is 9.01. The standard InChI is InChI=1S/C16H31N3O2.ClH/c1-5-8-16(4,17)15(21)19-9-6-7-13(11-19)10-18-14(20)12(2)3;/h12-13H,5-11,17H2,1-4H3,(H,18,20);1H. The molecule has 0 radical (unpaired) electrons. The van der Waals surface area contributed by atoms with Gasteiger partial charge in [-0.2, -0.15) is 0 Å². The Morgan fingerprint density at radius 3 is 2.59 bits per heavy atom. The van der Waals surface area contributed by atoms with Crippen molar-refractivity contribution in [3.05, 3.63) is 0 Å². The molecular weight excluding hydrogens is 302 g/mol. The van der Waals surface area contributed by atoms with Crippen molar-refractivity contribution >= 4 is 24.2 Å². The minimum absolute atomic E-state index is 0. The zero-order chi connectivity index (χ0) is 16.0. The molecule has 0 aromatic carbocycles. The summed E-state index contributed by atoms with van der Waals surface area (Å²) in [6.07, 6.45) is 3.64. The quantitative estimate of drug-likeness (QED) is 0.780. The lowest BCUT2D eigenvalue weighted by Gasteiger charge is -2.37. The van der Waals surface area contributed by atoms with Crippen LogP contribution in [-0.2, 0) is 9.59 Å². The highest BCUT2D eigenvalue weighted by Crippen LogP contribution is 2.20. The zero-order valence-electron chi connectivity index (χ0n) is 14.4. The molecule has 0 bridgehead atoms. The van der Waals surface area contributed by atoms with Gasteiger partial charge >= 0.3 is 0 Å². The summed E-state index contributed by atoms with van der Waals surface area (Å²) in [6, 6.07) is 0. The number of nitrogens with zero attached hydrogens (tertiary/aromatic N) is 1. The number of hydrogen-bond acceptors (Lipinski definition) is 3. The van der Waals surface area contributed by atoms with Gasteiger partial charge in [-0.15, -0.1) is 12.4 Å². The van der Waals surface area contributed by atoms with Crippen LogP contribution in [0.2, 0.25) is 0 Å². The van der Waals surface area contributed by atoms with E-state index in [1.807, 2.05) is 32.6 Å². The van der Waals surface area contributed by atoms with Crippen molar-refractivity contribution in [2.45, 2.75) is 58.9 Å². The van der Waals surface area contributed by atoms with Gasteiger partial charge in [0.15, 0.2) is 0 Å². The van der Waals surface area contributed by atoms with E-state index in [1.54, 1.807) is 0 Å². The van der Waals surface area contributed by atoms with E-state index in [-0.39, 0.29) is 30.1 Å². The first-order valence-corrected chi connectivity index (χ1v) is 8.14. The summed E-state index contributed by atoms with van der Waals surface area (Å²) in [5, 5.41) is 2.97. The predicted octanol–water partition coefficient (Wildman–Crippen LogP) is 1.94. The average Bonchev–Trinajstić information content (AvgIpc) is 2.44. The number of hydrogen-bond donors (Lipinski definition) is 2. The second-order valence-electron chi connectivity index (χ2n) is 6.83. The Morgan fingerprint density at radius 2 is 2.05 bits per heavy atom. The Balaban J connectivity index is 0.00000441. The van der Waals surface area contributed by atoms with Crippen LogP contribution in [-0.4, -0.2) is 41.9 Å². The second kappa shape index (κ2) is 9.36. The molecule has 3 N–H and O–H groups in total. The fourth-order valence-electron chi connectivity index (χ4n) is 2.85. The van der Waals surface area contributed by atoms with Crippen molar-refractivity contribution < 1.29 is 9.59 Å². The molecule has 2 unspecified atom stereocenters. The predicted molar refractivity (Wildman–Crippen MR) is 91.9 cm³/mol.